The summed E-state index contributed by atoms with van der Waals surface area (Å²) >= 11 is 3.42. The standard InChI is InChI=1S/C15H20BrNO2/c1-2-9-19-15-6-5-12(16)10-13(15)14(18)11-17-7-3-4-8-17/h5-6,10H,2-4,7-9,11H2,1H3. The molecular formula is C15H20BrNO2. The van der Waals surface area contributed by atoms with Crippen molar-refractivity contribution in [3.8, 4) is 5.75 Å². The molecule has 1 heterocycles. The summed E-state index contributed by atoms with van der Waals surface area (Å²) in [6.07, 6.45) is 3.34. The molecular weight excluding hydrogens is 306 g/mol. The Kier molecular flexibility index (Phi) is 5.40. The summed E-state index contributed by atoms with van der Waals surface area (Å²) in [7, 11) is 0. The van der Waals surface area contributed by atoms with Crippen LogP contribution >= 0.6 is 15.9 Å². The van der Waals surface area contributed by atoms with Gasteiger partial charge in [0, 0.05) is 4.47 Å². The van der Waals surface area contributed by atoms with E-state index < -0.39 is 0 Å². The lowest BCUT2D eigenvalue weighted by atomic mass is 10.1. The minimum atomic E-state index is 0.148. The van der Waals surface area contributed by atoms with Crippen molar-refractivity contribution >= 4 is 21.7 Å². The fourth-order valence-corrected chi connectivity index (χ4v) is 2.65. The number of benzene rings is 1. The van der Waals surface area contributed by atoms with E-state index in [4.69, 9.17) is 4.74 Å². The minimum absolute atomic E-state index is 0.148. The van der Waals surface area contributed by atoms with Crippen molar-refractivity contribution in [1.29, 1.82) is 0 Å². The molecule has 1 aromatic carbocycles. The highest BCUT2D eigenvalue weighted by molar-refractivity contribution is 9.10. The molecule has 0 aliphatic carbocycles. The number of rotatable bonds is 6. The monoisotopic (exact) mass is 325 g/mol. The predicted molar refractivity (Wildman–Crippen MR) is 79.9 cm³/mol. The second-order valence-electron chi connectivity index (χ2n) is 4.90. The molecule has 1 aliphatic rings. The molecule has 0 atom stereocenters. The fourth-order valence-electron chi connectivity index (χ4n) is 2.29. The molecule has 3 nitrogen and oxygen atoms in total. The lowest BCUT2D eigenvalue weighted by Crippen LogP contribution is -2.27. The summed E-state index contributed by atoms with van der Waals surface area (Å²) in [4.78, 5) is 14.6. The molecule has 0 aromatic heterocycles. The van der Waals surface area contributed by atoms with Crippen molar-refractivity contribution in [2.24, 2.45) is 0 Å². The van der Waals surface area contributed by atoms with Gasteiger partial charge in [0.25, 0.3) is 0 Å². The fraction of sp³-hybridized carbons (Fsp3) is 0.533. The van der Waals surface area contributed by atoms with E-state index in [1.165, 1.54) is 12.8 Å². The molecule has 0 amide bonds. The number of nitrogens with zero attached hydrogens (tertiary/aromatic N) is 1. The van der Waals surface area contributed by atoms with E-state index in [2.05, 4.69) is 27.8 Å². The van der Waals surface area contributed by atoms with Crippen molar-refractivity contribution < 1.29 is 9.53 Å². The summed E-state index contributed by atoms with van der Waals surface area (Å²) in [6, 6.07) is 5.65. The van der Waals surface area contributed by atoms with Gasteiger partial charge in [0.05, 0.1) is 18.7 Å². The molecule has 1 saturated heterocycles. The van der Waals surface area contributed by atoms with Gasteiger partial charge in [-0.3, -0.25) is 9.69 Å². The van der Waals surface area contributed by atoms with Crippen LogP contribution in [0.25, 0.3) is 0 Å². The normalized spacial score (nSPS) is 15.7. The molecule has 4 heteroatoms. The molecule has 1 aromatic rings. The van der Waals surface area contributed by atoms with Gasteiger partial charge in [-0.15, -0.1) is 0 Å². The summed E-state index contributed by atoms with van der Waals surface area (Å²) in [5, 5.41) is 0. The molecule has 1 fully saturated rings. The maximum absolute atomic E-state index is 12.4. The lowest BCUT2D eigenvalue weighted by Gasteiger charge is -2.15. The first-order chi connectivity index (χ1) is 9.20. The number of hydrogen-bond acceptors (Lipinski definition) is 3. The van der Waals surface area contributed by atoms with Crippen LogP contribution in [0.15, 0.2) is 22.7 Å². The Morgan fingerprint density at radius 1 is 1.37 bits per heavy atom. The Morgan fingerprint density at radius 3 is 2.79 bits per heavy atom. The molecule has 19 heavy (non-hydrogen) atoms. The van der Waals surface area contributed by atoms with Crippen LogP contribution in [0.5, 0.6) is 5.75 Å². The van der Waals surface area contributed by atoms with E-state index in [0.29, 0.717) is 24.5 Å². The maximum Gasteiger partial charge on any atom is 0.180 e. The van der Waals surface area contributed by atoms with Crippen molar-refractivity contribution in [3.05, 3.63) is 28.2 Å². The Hall–Kier alpha value is -0.870. The van der Waals surface area contributed by atoms with Crippen LogP contribution in [0.4, 0.5) is 0 Å². The van der Waals surface area contributed by atoms with E-state index in [0.717, 1.165) is 24.0 Å². The molecule has 2 rings (SSSR count). The molecule has 0 unspecified atom stereocenters. The van der Waals surface area contributed by atoms with Gasteiger partial charge in [-0.05, 0) is 50.6 Å². The van der Waals surface area contributed by atoms with Crippen molar-refractivity contribution in [3.63, 3.8) is 0 Å². The third-order valence-corrected chi connectivity index (χ3v) is 3.76. The van der Waals surface area contributed by atoms with Crippen molar-refractivity contribution in [1.82, 2.24) is 4.90 Å². The lowest BCUT2D eigenvalue weighted by molar-refractivity contribution is 0.0941. The van der Waals surface area contributed by atoms with Crippen LogP contribution in [0, 0.1) is 0 Å². The summed E-state index contributed by atoms with van der Waals surface area (Å²) in [5.41, 5.74) is 0.690. The first-order valence-electron chi connectivity index (χ1n) is 6.88. The number of ether oxygens (including phenoxy) is 1. The Morgan fingerprint density at radius 2 is 2.11 bits per heavy atom. The largest absolute Gasteiger partial charge is 0.493 e. The highest BCUT2D eigenvalue weighted by Gasteiger charge is 2.19. The zero-order valence-corrected chi connectivity index (χ0v) is 12.9. The van der Waals surface area contributed by atoms with Gasteiger partial charge in [-0.1, -0.05) is 22.9 Å². The number of ketones is 1. The first kappa shape index (κ1) is 14.5. The van der Waals surface area contributed by atoms with Crippen molar-refractivity contribution in [2.75, 3.05) is 26.2 Å². The molecule has 0 saturated carbocycles. The van der Waals surface area contributed by atoms with Crippen molar-refractivity contribution in [2.45, 2.75) is 26.2 Å². The van der Waals surface area contributed by atoms with E-state index in [1.54, 1.807) is 0 Å². The Bertz CT molecular complexity index is 442. The van der Waals surface area contributed by atoms with Gasteiger partial charge in [-0.25, -0.2) is 0 Å². The Balaban J connectivity index is 2.11. The summed E-state index contributed by atoms with van der Waals surface area (Å²) < 4.78 is 6.58. The van der Waals surface area contributed by atoms with E-state index in [-0.39, 0.29) is 5.78 Å². The summed E-state index contributed by atoms with van der Waals surface area (Å²) in [6.45, 7) is 5.27. The zero-order chi connectivity index (χ0) is 13.7. The van der Waals surface area contributed by atoms with Gasteiger partial charge in [0.15, 0.2) is 5.78 Å². The topological polar surface area (TPSA) is 29.5 Å². The van der Waals surface area contributed by atoms with Gasteiger partial charge in [-0.2, -0.15) is 0 Å². The SMILES string of the molecule is CCCOc1ccc(Br)cc1C(=O)CN1CCCC1. The quantitative estimate of drug-likeness (QED) is 0.749. The van der Waals surface area contributed by atoms with Gasteiger partial charge >= 0.3 is 0 Å². The average Bonchev–Trinajstić information content (AvgIpc) is 2.90. The van der Waals surface area contributed by atoms with Gasteiger partial charge in [0.1, 0.15) is 5.75 Å². The molecule has 0 bridgehead atoms. The highest BCUT2D eigenvalue weighted by Crippen LogP contribution is 2.24. The van der Waals surface area contributed by atoms with Gasteiger partial charge < -0.3 is 4.74 Å². The number of hydrogen-bond donors (Lipinski definition) is 0. The van der Waals surface area contributed by atoms with Crippen LogP contribution in [-0.4, -0.2) is 36.9 Å². The van der Waals surface area contributed by atoms with Crippen LogP contribution in [0.1, 0.15) is 36.5 Å². The smallest absolute Gasteiger partial charge is 0.180 e. The van der Waals surface area contributed by atoms with E-state index in [1.807, 2.05) is 18.2 Å². The molecule has 0 spiro atoms. The number of Topliss-reactive ketones (excluding diaryl/α,β-unsaturated/α-hetero) is 1. The van der Waals surface area contributed by atoms with Crippen LogP contribution in [0.2, 0.25) is 0 Å². The average molecular weight is 326 g/mol. The van der Waals surface area contributed by atoms with Crippen LogP contribution in [-0.2, 0) is 0 Å². The number of likely N-dealkylation sites (tertiary alicyclic amines) is 1. The first-order valence-corrected chi connectivity index (χ1v) is 7.68. The minimum Gasteiger partial charge on any atom is -0.493 e. The number of carbonyl (C=O) groups is 1. The number of carbonyl (C=O) groups excluding carboxylic acids is 1. The highest BCUT2D eigenvalue weighted by atomic mass is 79.9. The third-order valence-electron chi connectivity index (χ3n) is 3.27. The van der Waals surface area contributed by atoms with Crippen LogP contribution < -0.4 is 4.74 Å². The molecule has 0 radical (unpaired) electrons. The zero-order valence-electron chi connectivity index (χ0n) is 11.3. The second-order valence-corrected chi connectivity index (χ2v) is 5.81. The van der Waals surface area contributed by atoms with Gasteiger partial charge in [0.2, 0.25) is 0 Å². The molecule has 0 N–H and O–H groups in total. The molecule has 1 aliphatic heterocycles. The summed E-state index contributed by atoms with van der Waals surface area (Å²) in [5.74, 6) is 0.851. The maximum atomic E-state index is 12.4. The predicted octanol–water partition coefficient (Wildman–Crippen LogP) is 3.52. The second kappa shape index (κ2) is 7.06. The number of halogens is 1. The van der Waals surface area contributed by atoms with E-state index >= 15 is 0 Å². The Labute approximate surface area is 123 Å². The van der Waals surface area contributed by atoms with E-state index in [9.17, 15) is 4.79 Å². The van der Waals surface area contributed by atoms with Crippen LogP contribution in [0.3, 0.4) is 0 Å². The molecule has 104 valence electrons. The third kappa shape index (κ3) is 4.05.